The first-order chi connectivity index (χ1) is 14.1. The first-order valence-electron chi connectivity index (χ1n) is 10.4. The van der Waals surface area contributed by atoms with Gasteiger partial charge in [-0.15, -0.1) is 11.3 Å². The average Bonchev–Trinajstić information content (AvgIpc) is 3.20. The van der Waals surface area contributed by atoms with E-state index in [-0.39, 0.29) is 5.91 Å². The molecule has 0 aliphatic carbocycles. The molecule has 1 amide bonds. The van der Waals surface area contributed by atoms with Crippen molar-refractivity contribution in [1.82, 2.24) is 20.2 Å². The number of rotatable bonds is 5. The number of carbonyl (C=O) groups is 1. The van der Waals surface area contributed by atoms with Crippen LogP contribution in [-0.2, 0) is 17.8 Å². The number of carbonyl (C=O) groups excluding carboxylic acids is 1. The number of thiazole rings is 1. The Morgan fingerprint density at radius 1 is 1.14 bits per heavy atom. The lowest BCUT2D eigenvalue weighted by molar-refractivity contribution is -0.120. The van der Waals surface area contributed by atoms with Crippen molar-refractivity contribution in [3.05, 3.63) is 58.7 Å². The Balaban J connectivity index is 1.22. The van der Waals surface area contributed by atoms with E-state index in [2.05, 4.69) is 50.5 Å². The summed E-state index contributed by atoms with van der Waals surface area (Å²) < 4.78 is 1.15. The van der Waals surface area contributed by atoms with E-state index < -0.39 is 0 Å². The molecule has 3 aromatic rings. The van der Waals surface area contributed by atoms with E-state index in [0.717, 1.165) is 41.2 Å². The van der Waals surface area contributed by atoms with Gasteiger partial charge in [-0.1, -0.05) is 24.3 Å². The van der Waals surface area contributed by atoms with Crippen LogP contribution >= 0.6 is 11.3 Å². The number of nitrogens with one attached hydrogen (secondary N) is 1. The average molecular weight is 407 g/mol. The summed E-state index contributed by atoms with van der Waals surface area (Å²) in [7, 11) is 0. The van der Waals surface area contributed by atoms with Crippen molar-refractivity contribution in [3.63, 3.8) is 0 Å². The topological polar surface area (TPSA) is 58.1 Å². The lowest BCUT2D eigenvalue weighted by Crippen LogP contribution is -2.49. The van der Waals surface area contributed by atoms with Crippen molar-refractivity contribution in [2.75, 3.05) is 0 Å². The van der Waals surface area contributed by atoms with Crippen LogP contribution in [0.4, 0.5) is 0 Å². The van der Waals surface area contributed by atoms with Gasteiger partial charge in [-0.05, 0) is 48.9 Å². The Kier molecular flexibility index (Phi) is 5.06. The van der Waals surface area contributed by atoms with Crippen molar-refractivity contribution in [2.24, 2.45) is 0 Å². The maximum Gasteiger partial charge on any atom is 0.217 e. The standard InChI is InChI=1S/C23H26N4OS/c1-15(28)25-18-12-19-8-9-20(13-18)27(19)14-17-6-4-16(5-7-17)11-22-26-23-21(29-22)3-2-10-24-23/h2-7,10,18-20H,8-9,11-14H2,1H3,(H,25,28). The lowest BCUT2D eigenvalue weighted by Gasteiger charge is -2.39. The van der Waals surface area contributed by atoms with E-state index in [1.165, 1.54) is 24.0 Å². The summed E-state index contributed by atoms with van der Waals surface area (Å²) >= 11 is 1.73. The van der Waals surface area contributed by atoms with Crippen LogP contribution in [0.2, 0.25) is 0 Å². The third kappa shape index (κ3) is 4.05. The van der Waals surface area contributed by atoms with Crippen LogP contribution in [0.1, 0.15) is 48.7 Å². The molecule has 1 N–H and O–H groups in total. The fourth-order valence-corrected chi connectivity index (χ4v) is 5.94. The fourth-order valence-electron chi connectivity index (χ4n) is 4.97. The minimum atomic E-state index is 0.0994. The molecule has 2 atom stereocenters. The number of piperidine rings is 1. The molecule has 5 rings (SSSR count). The summed E-state index contributed by atoms with van der Waals surface area (Å²) in [6, 6.07) is 14.6. The number of nitrogens with zero attached hydrogens (tertiary/aromatic N) is 3. The van der Waals surface area contributed by atoms with Gasteiger partial charge < -0.3 is 5.32 Å². The second-order valence-corrected chi connectivity index (χ2v) is 9.47. The quantitative estimate of drug-likeness (QED) is 0.698. The Morgan fingerprint density at radius 3 is 2.55 bits per heavy atom. The number of aromatic nitrogens is 2. The number of pyridine rings is 1. The molecule has 2 unspecified atom stereocenters. The number of hydrogen-bond donors (Lipinski definition) is 1. The largest absolute Gasteiger partial charge is 0.353 e. The van der Waals surface area contributed by atoms with Gasteiger partial charge in [0.25, 0.3) is 0 Å². The molecule has 2 bridgehead atoms. The predicted octanol–water partition coefficient (Wildman–Crippen LogP) is 3.91. The summed E-state index contributed by atoms with van der Waals surface area (Å²) in [6.45, 7) is 2.63. The van der Waals surface area contributed by atoms with Crippen molar-refractivity contribution in [2.45, 2.75) is 63.7 Å². The number of fused-ring (bicyclic) bond motifs is 3. The molecule has 5 nitrogen and oxygen atoms in total. The van der Waals surface area contributed by atoms with E-state index in [1.54, 1.807) is 24.5 Å². The molecular formula is C23H26N4OS. The first-order valence-corrected chi connectivity index (χ1v) is 11.3. The third-order valence-electron chi connectivity index (χ3n) is 6.24. The van der Waals surface area contributed by atoms with Crippen LogP contribution in [0, 0.1) is 0 Å². The highest BCUT2D eigenvalue weighted by atomic mass is 32.1. The van der Waals surface area contributed by atoms with Gasteiger partial charge >= 0.3 is 0 Å². The zero-order chi connectivity index (χ0) is 19.8. The molecule has 4 heterocycles. The minimum Gasteiger partial charge on any atom is -0.353 e. The predicted molar refractivity (Wildman–Crippen MR) is 116 cm³/mol. The van der Waals surface area contributed by atoms with E-state index in [9.17, 15) is 4.79 Å². The van der Waals surface area contributed by atoms with Gasteiger partial charge in [-0.2, -0.15) is 0 Å². The summed E-state index contributed by atoms with van der Waals surface area (Å²) in [5.74, 6) is 0.0994. The molecule has 150 valence electrons. The molecule has 1 aromatic carbocycles. The smallest absolute Gasteiger partial charge is 0.217 e. The molecule has 6 heteroatoms. The van der Waals surface area contributed by atoms with Crippen molar-refractivity contribution < 1.29 is 4.79 Å². The van der Waals surface area contributed by atoms with Crippen LogP contribution < -0.4 is 5.32 Å². The molecule has 0 spiro atoms. The van der Waals surface area contributed by atoms with Gasteiger partial charge in [0.1, 0.15) is 5.01 Å². The van der Waals surface area contributed by atoms with Gasteiger partial charge in [0.2, 0.25) is 5.91 Å². The Morgan fingerprint density at radius 2 is 1.86 bits per heavy atom. The van der Waals surface area contributed by atoms with Crippen LogP contribution in [0.25, 0.3) is 10.3 Å². The second-order valence-electron chi connectivity index (χ2n) is 8.35. The molecule has 0 saturated carbocycles. The number of amides is 1. The highest BCUT2D eigenvalue weighted by Gasteiger charge is 2.40. The van der Waals surface area contributed by atoms with Gasteiger partial charge in [0.05, 0.1) is 4.70 Å². The normalized spacial score (nSPS) is 24.1. The maximum absolute atomic E-state index is 11.4. The van der Waals surface area contributed by atoms with Crippen LogP contribution in [-0.4, -0.2) is 38.9 Å². The minimum absolute atomic E-state index is 0.0994. The van der Waals surface area contributed by atoms with Crippen LogP contribution in [0.5, 0.6) is 0 Å². The van der Waals surface area contributed by atoms with Crippen molar-refractivity contribution in [1.29, 1.82) is 0 Å². The Labute approximate surface area is 175 Å². The van der Waals surface area contributed by atoms with Crippen LogP contribution in [0.3, 0.4) is 0 Å². The van der Waals surface area contributed by atoms with Gasteiger partial charge in [-0.3, -0.25) is 9.69 Å². The molecule has 2 aromatic heterocycles. The molecule has 2 fully saturated rings. The number of benzene rings is 1. The monoisotopic (exact) mass is 406 g/mol. The van der Waals surface area contributed by atoms with Crippen LogP contribution in [0.15, 0.2) is 42.6 Å². The highest BCUT2D eigenvalue weighted by Crippen LogP contribution is 2.37. The lowest BCUT2D eigenvalue weighted by atomic mass is 9.96. The Bertz CT molecular complexity index is 968. The molecule has 2 aliphatic heterocycles. The van der Waals surface area contributed by atoms with Gasteiger partial charge in [0.15, 0.2) is 5.65 Å². The molecular weight excluding hydrogens is 380 g/mol. The van der Waals surface area contributed by atoms with Crippen molar-refractivity contribution >= 4 is 27.6 Å². The van der Waals surface area contributed by atoms with E-state index >= 15 is 0 Å². The summed E-state index contributed by atoms with van der Waals surface area (Å²) in [6.07, 6.45) is 7.33. The zero-order valence-corrected chi connectivity index (χ0v) is 17.5. The van der Waals surface area contributed by atoms with E-state index in [1.807, 2.05) is 6.07 Å². The zero-order valence-electron chi connectivity index (χ0n) is 16.7. The number of hydrogen-bond acceptors (Lipinski definition) is 5. The second kappa shape index (κ2) is 7.84. The van der Waals surface area contributed by atoms with Gasteiger partial charge in [-0.25, -0.2) is 9.97 Å². The first kappa shape index (κ1) is 18.7. The summed E-state index contributed by atoms with van der Waals surface area (Å²) in [4.78, 5) is 23.0. The SMILES string of the molecule is CC(=O)NC1CC2CCC(C1)N2Cc1ccc(Cc2nc3ncccc3s2)cc1. The Hall–Kier alpha value is -2.31. The third-order valence-corrected chi connectivity index (χ3v) is 7.25. The maximum atomic E-state index is 11.4. The summed E-state index contributed by atoms with van der Waals surface area (Å²) in [5.41, 5.74) is 3.51. The molecule has 29 heavy (non-hydrogen) atoms. The van der Waals surface area contributed by atoms with Gasteiger partial charge in [0, 0.05) is 44.2 Å². The molecule has 2 saturated heterocycles. The molecule has 0 radical (unpaired) electrons. The van der Waals surface area contributed by atoms with E-state index in [0.29, 0.717) is 18.1 Å². The van der Waals surface area contributed by atoms with E-state index in [4.69, 9.17) is 0 Å². The summed E-state index contributed by atoms with van der Waals surface area (Å²) in [5, 5.41) is 4.25. The fraction of sp³-hybridized carbons (Fsp3) is 0.435. The highest BCUT2D eigenvalue weighted by molar-refractivity contribution is 7.18. The van der Waals surface area contributed by atoms with Crippen molar-refractivity contribution in [3.8, 4) is 0 Å². The molecule has 2 aliphatic rings.